The highest BCUT2D eigenvalue weighted by Gasteiger charge is 2.21. The van der Waals surface area contributed by atoms with Gasteiger partial charge in [0.2, 0.25) is 0 Å². The van der Waals surface area contributed by atoms with Crippen molar-refractivity contribution in [3.05, 3.63) is 54.1 Å². The lowest BCUT2D eigenvalue weighted by atomic mass is 10.1. The van der Waals surface area contributed by atoms with E-state index >= 15 is 0 Å². The molecule has 0 aliphatic carbocycles. The van der Waals surface area contributed by atoms with Crippen LogP contribution in [0.15, 0.2) is 48.5 Å². The molecule has 6 heteroatoms. The molecule has 0 saturated carbocycles. The number of ether oxygens (including phenoxy) is 2. The molecule has 0 radical (unpaired) electrons. The second-order valence-electron chi connectivity index (χ2n) is 6.91. The molecular weight excluding hydrogens is 354 g/mol. The van der Waals surface area contributed by atoms with Crippen LogP contribution in [-0.2, 0) is 6.42 Å². The highest BCUT2D eigenvalue weighted by Crippen LogP contribution is 2.29. The maximum Gasteiger partial charge on any atom is 0.322 e. The number of rotatable bonds is 7. The van der Waals surface area contributed by atoms with Gasteiger partial charge in [-0.15, -0.1) is 0 Å². The summed E-state index contributed by atoms with van der Waals surface area (Å²) in [6.07, 6.45) is 2.23. The van der Waals surface area contributed by atoms with Gasteiger partial charge in [-0.05, 0) is 37.1 Å². The largest absolute Gasteiger partial charge is 0.497 e. The Balaban J connectivity index is 1.45. The highest BCUT2D eigenvalue weighted by atomic mass is 16.5. The van der Waals surface area contributed by atoms with Gasteiger partial charge in [0.1, 0.15) is 11.5 Å². The van der Waals surface area contributed by atoms with E-state index in [1.165, 1.54) is 5.56 Å². The maximum absolute atomic E-state index is 12.6. The summed E-state index contributed by atoms with van der Waals surface area (Å²) in [5, 5.41) is 2.95. The van der Waals surface area contributed by atoms with Gasteiger partial charge in [0.15, 0.2) is 0 Å². The molecule has 2 amide bonds. The number of amides is 2. The third kappa shape index (κ3) is 5.39. The molecular formula is C22H29N3O3. The van der Waals surface area contributed by atoms with Crippen LogP contribution in [0.1, 0.15) is 12.0 Å². The molecule has 1 saturated heterocycles. The van der Waals surface area contributed by atoms with E-state index in [1.807, 2.05) is 11.0 Å². The predicted octanol–water partition coefficient (Wildman–Crippen LogP) is 3.49. The van der Waals surface area contributed by atoms with Crippen molar-refractivity contribution in [1.82, 2.24) is 9.80 Å². The van der Waals surface area contributed by atoms with Gasteiger partial charge in [0.05, 0.1) is 19.9 Å². The van der Waals surface area contributed by atoms with Crippen molar-refractivity contribution in [2.24, 2.45) is 0 Å². The molecule has 1 aliphatic rings. The minimum Gasteiger partial charge on any atom is -0.497 e. The van der Waals surface area contributed by atoms with E-state index < -0.39 is 0 Å². The van der Waals surface area contributed by atoms with E-state index in [0.29, 0.717) is 17.2 Å². The first-order valence-electron chi connectivity index (χ1n) is 9.74. The summed E-state index contributed by atoms with van der Waals surface area (Å²) in [7, 11) is 3.19. The van der Waals surface area contributed by atoms with Crippen molar-refractivity contribution in [3.63, 3.8) is 0 Å². The molecule has 0 atom stereocenters. The van der Waals surface area contributed by atoms with Crippen molar-refractivity contribution in [2.45, 2.75) is 12.8 Å². The molecule has 28 heavy (non-hydrogen) atoms. The van der Waals surface area contributed by atoms with Crippen molar-refractivity contribution in [3.8, 4) is 11.5 Å². The second-order valence-corrected chi connectivity index (χ2v) is 6.91. The molecule has 6 nitrogen and oxygen atoms in total. The molecule has 0 spiro atoms. The number of carbonyl (C=O) groups excluding carboxylic acids is 1. The average Bonchev–Trinajstić information content (AvgIpc) is 2.75. The molecule has 0 bridgehead atoms. The quantitative estimate of drug-likeness (QED) is 0.795. The molecule has 1 aliphatic heterocycles. The summed E-state index contributed by atoms with van der Waals surface area (Å²) in [6, 6.07) is 15.8. The topological polar surface area (TPSA) is 54.0 Å². The lowest BCUT2D eigenvalue weighted by Gasteiger charge is -2.34. The first-order valence-corrected chi connectivity index (χ1v) is 9.74. The standard InChI is InChI=1S/C22H29N3O3/c1-27-19-10-11-21(28-2)20(17-19)23-22(26)25-15-13-24(14-16-25)12-6-9-18-7-4-3-5-8-18/h3-5,7-8,10-11,17H,6,9,12-16H2,1-2H3,(H,23,26). The Morgan fingerprint density at radius 1 is 1.00 bits per heavy atom. The third-order valence-electron chi connectivity index (χ3n) is 5.09. The molecule has 2 aromatic carbocycles. The van der Waals surface area contributed by atoms with Crippen LogP contribution in [0.25, 0.3) is 0 Å². The molecule has 2 aromatic rings. The number of carbonyl (C=O) groups is 1. The van der Waals surface area contributed by atoms with E-state index in [2.05, 4.69) is 40.5 Å². The van der Waals surface area contributed by atoms with Crippen molar-refractivity contribution < 1.29 is 14.3 Å². The number of anilines is 1. The Hall–Kier alpha value is -2.73. The van der Waals surface area contributed by atoms with Crippen molar-refractivity contribution in [1.29, 1.82) is 0 Å². The zero-order valence-electron chi connectivity index (χ0n) is 16.7. The number of methoxy groups -OCH3 is 2. The van der Waals surface area contributed by atoms with E-state index in [9.17, 15) is 4.79 Å². The molecule has 0 aromatic heterocycles. The number of aryl methyl sites for hydroxylation is 1. The zero-order chi connectivity index (χ0) is 19.8. The van der Waals surface area contributed by atoms with Crippen LogP contribution in [0.2, 0.25) is 0 Å². The van der Waals surface area contributed by atoms with E-state index in [1.54, 1.807) is 26.4 Å². The SMILES string of the molecule is COc1ccc(OC)c(NC(=O)N2CCN(CCCc3ccccc3)CC2)c1. The Kier molecular flexibility index (Phi) is 7.14. The lowest BCUT2D eigenvalue weighted by molar-refractivity contribution is 0.146. The Bertz CT molecular complexity index is 759. The van der Waals surface area contributed by atoms with E-state index in [4.69, 9.17) is 9.47 Å². The fraction of sp³-hybridized carbons (Fsp3) is 0.409. The lowest BCUT2D eigenvalue weighted by Crippen LogP contribution is -2.50. The molecule has 1 fully saturated rings. The number of benzene rings is 2. The number of nitrogens with zero attached hydrogens (tertiary/aromatic N) is 2. The maximum atomic E-state index is 12.6. The van der Waals surface area contributed by atoms with Crippen LogP contribution in [0, 0.1) is 0 Å². The summed E-state index contributed by atoms with van der Waals surface area (Å²) in [5.41, 5.74) is 2.00. The Morgan fingerprint density at radius 2 is 1.75 bits per heavy atom. The highest BCUT2D eigenvalue weighted by molar-refractivity contribution is 5.91. The van der Waals surface area contributed by atoms with E-state index in [-0.39, 0.29) is 6.03 Å². The average molecular weight is 383 g/mol. The summed E-state index contributed by atoms with van der Waals surface area (Å²) < 4.78 is 10.6. The van der Waals surface area contributed by atoms with Crippen molar-refractivity contribution >= 4 is 11.7 Å². The van der Waals surface area contributed by atoms with Crippen LogP contribution in [0.5, 0.6) is 11.5 Å². The first-order chi connectivity index (χ1) is 13.7. The molecule has 0 unspecified atom stereocenters. The van der Waals surface area contributed by atoms with Gasteiger partial charge in [-0.1, -0.05) is 30.3 Å². The fourth-order valence-corrected chi connectivity index (χ4v) is 3.43. The minimum absolute atomic E-state index is 0.101. The number of hydrogen-bond donors (Lipinski definition) is 1. The van der Waals surface area contributed by atoms with Gasteiger partial charge in [-0.2, -0.15) is 0 Å². The summed E-state index contributed by atoms with van der Waals surface area (Å²) >= 11 is 0. The van der Waals surface area contributed by atoms with Crippen LogP contribution in [-0.4, -0.2) is 62.8 Å². The van der Waals surface area contributed by atoms with E-state index in [0.717, 1.165) is 45.6 Å². The summed E-state index contributed by atoms with van der Waals surface area (Å²) in [6.45, 7) is 4.32. The van der Waals surface area contributed by atoms with Gasteiger partial charge in [0, 0.05) is 32.2 Å². The van der Waals surface area contributed by atoms with Crippen LogP contribution < -0.4 is 14.8 Å². The Morgan fingerprint density at radius 3 is 2.43 bits per heavy atom. The van der Waals surface area contributed by atoms with Crippen LogP contribution in [0.4, 0.5) is 10.5 Å². The first kappa shape index (κ1) is 20.0. The summed E-state index contributed by atoms with van der Waals surface area (Å²) in [4.78, 5) is 16.9. The molecule has 3 rings (SSSR count). The second kappa shape index (κ2) is 9.99. The summed E-state index contributed by atoms with van der Waals surface area (Å²) in [5.74, 6) is 1.30. The Labute approximate surface area is 167 Å². The number of nitrogens with one attached hydrogen (secondary N) is 1. The normalized spacial score (nSPS) is 14.6. The van der Waals surface area contributed by atoms with Crippen molar-refractivity contribution in [2.75, 3.05) is 52.3 Å². The zero-order valence-corrected chi connectivity index (χ0v) is 16.7. The fourth-order valence-electron chi connectivity index (χ4n) is 3.43. The predicted molar refractivity (Wildman–Crippen MR) is 111 cm³/mol. The van der Waals surface area contributed by atoms with Gasteiger partial charge in [0.25, 0.3) is 0 Å². The molecule has 1 heterocycles. The molecule has 150 valence electrons. The third-order valence-corrected chi connectivity index (χ3v) is 5.09. The van der Waals surface area contributed by atoms with Crippen LogP contribution in [0.3, 0.4) is 0 Å². The minimum atomic E-state index is -0.101. The van der Waals surface area contributed by atoms with Gasteiger partial charge in [-0.3, -0.25) is 4.90 Å². The van der Waals surface area contributed by atoms with Gasteiger partial charge >= 0.3 is 6.03 Å². The van der Waals surface area contributed by atoms with Crippen LogP contribution >= 0.6 is 0 Å². The number of hydrogen-bond acceptors (Lipinski definition) is 4. The smallest absolute Gasteiger partial charge is 0.322 e. The number of piperazine rings is 1. The number of urea groups is 1. The van der Waals surface area contributed by atoms with Gasteiger partial charge in [-0.25, -0.2) is 4.79 Å². The van der Waals surface area contributed by atoms with Gasteiger partial charge < -0.3 is 19.7 Å². The molecule has 1 N–H and O–H groups in total. The monoisotopic (exact) mass is 383 g/mol.